The first-order valence-corrected chi connectivity index (χ1v) is 6.56. The van der Waals surface area contributed by atoms with Gasteiger partial charge in [0, 0.05) is 12.1 Å². The fraction of sp³-hybridized carbons (Fsp3) is 0.250. The smallest absolute Gasteiger partial charge is 0.168 e. The Morgan fingerprint density at radius 2 is 1.80 bits per heavy atom. The van der Waals surface area contributed by atoms with Crippen LogP contribution in [0.5, 0.6) is 11.5 Å². The topological polar surface area (TPSA) is 35.2 Å². The molecule has 4 heteroatoms. The highest BCUT2D eigenvalue weighted by atomic mass is 19.1. The SMILES string of the molecule is CCC(N)Cc1ccc(Oc2ccc(F)cc2F)cc1. The Morgan fingerprint density at radius 1 is 1.10 bits per heavy atom. The minimum atomic E-state index is -0.720. The van der Waals surface area contributed by atoms with Gasteiger partial charge in [-0.2, -0.15) is 0 Å². The molecule has 0 radical (unpaired) electrons. The number of halogens is 2. The van der Waals surface area contributed by atoms with Gasteiger partial charge in [-0.1, -0.05) is 19.1 Å². The molecule has 1 atom stereocenters. The molecule has 0 bridgehead atoms. The molecular formula is C16H17F2NO. The van der Waals surface area contributed by atoms with Crippen molar-refractivity contribution in [3.8, 4) is 11.5 Å². The zero-order valence-electron chi connectivity index (χ0n) is 11.3. The van der Waals surface area contributed by atoms with Gasteiger partial charge in [0.25, 0.3) is 0 Å². The summed E-state index contributed by atoms with van der Waals surface area (Å²) in [6.45, 7) is 2.04. The number of ether oxygens (including phenoxy) is 1. The van der Waals surface area contributed by atoms with Crippen molar-refractivity contribution < 1.29 is 13.5 Å². The second-order valence-corrected chi connectivity index (χ2v) is 4.69. The first-order valence-electron chi connectivity index (χ1n) is 6.56. The molecule has 0 aromatic heterocycles. The summed E-state index contributed by atoms with van der Waals surface area (Å²) in [6.07, 6.45) is 1.71. The van der Waals surface area contributed by atoms with Gasteiger partial charge in [0.15, 0.2) is 11.6 Å². The van der Waals surface area contributed by atoms with Crippen LogP contribution in [-0.4, -0.2) is 6.04 Å². The Hall–Kier alpha value is -1.94. The minimum absolute atomic E-state index is 0.00408. The molecule has 0 saturated heterocycles. The Kier molecular flexibility index (Phi) is 4.69. The van der Waals surface area contributed by atoms with Crippen molar-refractivity contribution in [1.29, 1.82) is 0 Å². The summed E-state index contributed by atoms with van der Waals surface area (Å²) in [7, 11) is 0. The standard InChI is InChI=1S/C16H17F2NO/c1-2-13(19)9-11-3-6-14(7-4-11)20-16-8-5-12(17)10-15(16)18/h3-8,10,13H,2,9,19H2,1H3. The van der Waals surface area contributed by atoms with Crippen molar-refractivity contribution in [2.45, 2.75) is 25.8 Å². The van der Waals surface area contributed by atoms with Crippen LogP contribution in [0.4, 0.5) is 8.78 Å². The third kappa shape index (κ3) is 3.78. The molecule has 0 spiro atoms. The van der Waals surface area contributed by atoms with Gasteiger partial charge in [-0.05, 0) is 42.7 Å². The van der Waals surface area contributed by atoms with E-state index in [1.807, 2.05) is 19.1 Å². The van der Waals surface area contributed by atoms with Crippen molar-refractivity contribution in [1.82, 2.24) is 0 Å². The van der Waals surface area contributed by atoms with Crippen LogP contribution in [0.3, 0.4) is 0 Å². The van der Waals surface area contributed by atoms with Crippen LogP contribution < -0.4 is 10.5 Å². The maximum atomic E-state index is 13.5. The van der Waals surface area contributed by atoms with E-state index in [9.17, 15) is 8.78 Å². The Labute approximate surface area is 117 Å². The highest BCUT2D eigenvalue weighted by Crippen LogP contribution is 2.25. The molecule has 0 amide bonds. The van der Waals surface area contributed by atoms with Crippen LogP contribution in [0.1, 0.15) is 18.9 Å². The monoisotopic (exact) mass is 277 g/mol. The third-order valence-corrected chi connectivity index (χ3v) is 3.07. The van der Waals surface area contributed by atoms with E-state index in [-0.39, 0.29) is 11.8 Å². The lowest BCUT2D eigenvalue weighted by Crippen LogP contribution is -2.21. The van der Waals surface area contributed by atoms with Gasteiger partial charge in [-0.25, -0.2) is 8.78 Å². The van der Waals surface area contributed by atoms with E-state index >= 15 is 0 Å². The Bertz CT molecular complexity index is 569. The molecule has 2 rings (SSSR count). The van der Waals surface area contributed by atoms with Crippen molar-refractivity contribution in [3.63, 3.8) is 0 Å². The predicted molar refractivity (Wildman–Crippen MR) is 74.8 cm³/mol. The van der Waals surface area contributed by atoms with E-state index in [0.717, 1.165) is 30.5 Å². The van der Waals surface area contributed by atoms with Gasteiger partial charge in [0.2, 0.25) is 0 Å². The highest BCUT2D eigenvalue weighted by Gasteiger charge is 2.07. The first kappa shape index (κ1) is 14.5. The average Bonchev–Trinajstić information content (AvgIpc) is 2.44. The van der Waals surface area contributed by atoms with E-state index in [1.165, 1.54) is 6.07 Å². The van der Waals surface area contributed by atoms with Gasteiger partial charge >= 0.3 is 0 Å². The Morgan fingerprint density at radius 3 is 2.40 bits per heavy atom. The fourth-order valence-corrected chi connectivity index (χ4v) is 1.83. The van der Waals surface area contributed by atoms with Gasteiger partial charge in [-0.3, -0.25) is 0 Å². The summed E-state index contributed by atoms with van der Waals surface area (Å²) in [5.41, 5.74) is 6.99. The van der Waals surface area contributed by atoms with Crippen molar-refractivity contribution >= 4 is 0 Å². The molecule has 20 heavy (non-hydrogen) atoms. The summed E-state index contributed by atoms with van der Waals surface area (Å²) >= 11 is 0. The molecule has 2 N–H and O–H groups in total. The van der Waals surface area contributed by atoms with E-state index in [4.69, 9.17) is 10.5 Å². The molecular weight excluding hydrogens is 260 g/mol. The third-order valence-electron chi connectivity index (χ3n) is 3.07. The first-order chi connectivity index (χ1) is 9.58. The molecule has 106 valence electrons. The Balaban J connectivity index is 2.07. The lowest BCUT2D eigenvalue weighted by Gasteiger charge is -2.10. The van der Waals surface area contributed by atoms with Gasteiger partial charge in [-0.15, -0.1) is 0 Å². The van der Waals surface area contributed by atoms with Crippen molar-refractivity contribution in [2.75, 3.05) is 0 Å². The van der Waals surface area contributed by atoms with E-state index in [1.54, 1.807) is 12.1 Å². The molecule has 0 aliphatic heterocycles. The maximum absolute atomic E-state index is 13.5. The van der Waals surface area contributed by atoms with E-state index in [2.05, 4.69) is 0 Å². The van der Waals surface area contributed by atoms with E-state index < -0.39 is 11.6 Å². The van der Waals surface area contributed by atoms with Gasteiger partial charge in [0.05, 0.1) is 0 Å². The normalized spacial score (nSPS) is 12.2. The fourth-order valence-electron chi connectivity index (χ4n) is 1.83. The van der Waals surface area contributed by atoms with E-state index in [0.29, 0.717) is 5.75 Å². The quantitative estimate of drug-likeness (QED) is 0.895. The summed E-state index contributed by atoms with van der Waals surface area (Å²) in [5.74, 6) is -0.838. The highest BCUT2D eigenvalue weighted by molar-refractivity contribution is 5.34. The number of nitrogens with two attached hydrogens (primary N) is 1. The zero-order chi connectivity index (χ0) is 14.5. The van der Waals surface area contributed by atoms with Crippen LogP contribution in [0, 0.1) is 11.6 Å². The molecule has 0 heterocycles. The minimum Gasteiger partial charge on any atom is -0.454 e. The zero-order valence-corrected chi connectivity index (χ0v) is 11.3. The van der Waals surface area contributed by atoms with Gasteiger partial charge < -0.3 is 10.5 Å². The molecule has 0 aliphatic rings. The lowest BCUT2D eigenvalue weighted by atomic mass is 10.0. The van der Waals surface area contributed by atoms with Crippen LogP contribution in [0.25, 0.3) is 0 Å². The summed E-state index contributed by atoms with van der Waals surface area (Å²) in [4.78, 5) is 0. The summed E-state index contributed by atoms with van der Waals surface area (Å²) < 4.78 is 31.6. The van der Waals surface area contributed by atoms with Crippen LogP contribution in [0.2, 0.25) is 0 Å². The van der Waals surface area contributed by atoms with Crippen LogP contribution in [-0.2, 0) is 6.42 Å². The second-order valence-electron chi connectivity index (χ2n) is 4.69. The number of hydrogen-bond donors (Lipinski definition) is 1. The number of benzene rings is 2. The van der Waals surface area contributed by atoms with Gasteiger partial charge in [0.1, 0.15) is 11.6 Å². The van der Waals surface area contributed by atoms with Crippen molar-refractivity contribution in [3.05, 3.63) is 59.7 Å². The largest absolute Gasteiger partial charge is 0.454 e. The average molecular weight is 277 g/mol. The summed E-state index contributed by atoms with van der Waals surface area (Å²) in [5, 5.41) is 0. The lowest BCUT2D eigenvalue weighted by molar-refractivity contribution is 0.437. The molecule has 2 nitrogen and oxygen atoms in total. The summed E-state index contributed by atoms with van der Waals surface area (Å²) in [6, 6.07) is 10.7. The number of rotatable bonds is 5. The van der Waals surface area contributed by atoms with Crippen molar-refractivity contribution in [2.24, 2.45) is 5.73 Å². The predicted octanol–water partition coefficient (Wildman–Crippen LogP) is 4.04. The molecule has 0 saturated carbocycles. The molecule has 2 aromatic rings. The molecule has 2 aromatic carbocycles. The molecule has 1 unspecified atom stereocenters. The maximum Gasteiger partial charge on any atom is 0.168 e. The second kappa shape index (κ2) is 6.48. The molecule has 0 aliphatic carbocycles. The van der Waals surface area contributed by atoms with Crippen LogP contribution >= 0.6 is 0 Å². The number of hydrogen-bond acceptors (Lipinski definition) is 2. The van der Waals surface area contributed by atoms with Crippen LogP contribution in [0.15, 0.2) is 42.5 Å². The molecule has 0 fully saturated rings.